The van der Waals surface area contributed by atoms with Gasteiger partial charge in [0.25, 0.3) is 0 Å². The average Bonchev–Trinajstić information content (AvgIpc) is 3.18. The van der Waals surface area contributed by atoms with Gasteiger partial charge in [0, 0.05) is 5.70 Å². The van der Waals surface area contributed by atoms with E-state index in [4.69, 9.17) is 4.42 Å². The molecule has 3 heterocycles. The van der Waals surface area contributed by atoms with Gasteiger partial charge in [0.1, 0.15) is 18.1 Å². The molecule has 5 heteroatoms. The lowest BCUT2D eigenvalue weighted by atomic mass is 10.1. The number of nitrogens with one attached hydrogen (secondary N) is 1. The van der Waals surface area contributed by atoms with Crippen LogP contribution in [0.1, 0.15) is 17.4 Å². The molecule has 0 saturated carbocycles. The van der Waals surface area contributed by atoms with Crippen molar-refractivity contribution in [1.82, 2.24) is 14.8 Å². The quantitative estimate of drug-likeness (QED) is 0.773. The Morgan fingerprint density at radius 1 is 1.10 bits per heavy atom. The Labute approximate surface area is 115 Å². The number of fused-ring (bicyclic) bond motifs is 1. The van der Waals surface area contributed by atoms with Gasteiger partial charge in [-0.2, -0.15) is 10.1 Å². The first-order valence-corrected chi connectivity index (χ1v) is 6.39. The summed E-state index contributed by atoms with van der Waals surface area (Å²) in [5, 5.41) is 7.55. The van der Waals surface area contributed by atoms with Crippen LogP contribution in [-0.2, 0) is 0 Å². The molecule has 0 unspecified atom stereocenters. The Bertz CT molecular complexity index is 743. The second-order valence-electron chi connectivity index (χ2n) is 4.56. The lowest BCUT2D eigenvalue weighted by Gasteiger charge is -2.22. The van der Waals surface area contributed by atoms with Gasteiger partial charge in [-0.1, -0.05) is 30.3 Å². The number of allylic oxidation sites excluding steroid dienone is 1. The number of nitrogens with zero attached hydrogens (tertiary/aromatic N) is 3. The van der Waals surface area contributed by atoms with E-state index in [1.165, 1.54) is 0 Å². The molecule has 3 aromatic rings. The van der Waals surface area contributed by atoms with Crippen molar-refractivity contribution in [3.05, 3.63) is 72.5 Å². The molecule has 5 nitrogen and oxygen atoms in total. The van der Waals surface area contributed by atoms with Crippen molar-refractivity contribution in [2.24, 2.45) is 0 Å². The monoisotopic (exact) mass is 264 g/mol. The first kappa shape index (κ1) is 11.0. The van der Waals surface area contributed by atoms with E-state index in [0.717, 1.165) is 17.0 Å². The van der Waals surface area contributed by atoms with Gasteiger partial charge in [-0.15, -0.1) is 0 Å². The highest BCUT2D eigenvalue weighted by molar-refractivity contribution is 5.76. The van der Waals surface area contributed by atoms with E-state index in [2.05, 4.69) is 33.6 Å². The van der Waals surface area contributed by atoms with Crippen LogP contribution in [0.15, 0.2) is 65.5 Å². The zero-order chi connectivity index (χ0) is 13.4. The van der Waals surface area contributed by atoms with Crippen LogP contribution in [0.25, 0.3) is 5.70 Å². The summed E-state index contributed by atoms with van der Waals surface area (Å²) in [7, 11) is 0. The minimum atomic E-state index is -0.0843. The zero-order valence-corrected chi connectivity index (χ0v) is 10.6. The molecule has 0 bridgehead atoms. The van der Waals surface area contributed by atoms with Gasteiger partial charge >= 0.3 is 0 Å². The number of anilines is 1. The second kappa shape index (κ2) is 4.38. The van der Waals surface area contributed by atoms with Crippen molar-refractivity contribution in [3.63, 3.8) is 0 Å². The molecular formula is C15H12N4O. The van der Waals surface area contributed by atoms with E-state index < -0.39 is 0 Å². The first-order valence-electron chi connectivity index (χ1n) is 6.39. The van der Waals surface area contributed by atoms with Gasteiger partial charge in [-0.25, -0.2) is 4.68 Å². The Morgan fingerprint density at radius 3 is 2.80 bits per heavy atom. The number of rotatable bonds is 2. The molecule has 0 fully saturated rings. The number of benzene rings is 1. The molecule has 0 spiro atoms. The Kier molecular flexibility index (Phi) is 2.42. The van der Waals surface area contributed by atoms with Gasteiger partial charge < -0.3 is 9.73 Å². The molecule has 1 N–H and O–H groups in total. The molecule has 0 aliphatic carbocycles. The molecule has 1 atom stereocenters. The van der Waals surface area contributed by atoms with Crippen molar-refractivity contribution < 1.29 is 4.42 Å². The second-order valence-corrected chi connectivity index (χ2v) is 4.56. The van der Waals surface area contributed by atoms with Crippen molar-refractivity contribution in [2.45, 2.75) is 6.04 Å². The highest BCUT2D eigenvalue weighted by Gasteiger charge is 2.24. The fourth-order valence-electron chi connectivity index (χ4n) is 2.38. The fraction of sp³-hybridized carbons (Fsp3) is 0.0667. The molecule has 1 aliphatic rings. The van der Waals surface area contributed by atoms with Crippen molar-refractivity contribution in [1.29, 1.82) is 0 Å². The van der Waals surface area contributed by atoms with Gasteiger partial charge in [-0.3, -0.25) is 0 Å². The van der Waals surface area contributed by atoms with Crippen molar-refractivity contribution in [2.75, 3.05) is 5.32 Å². The normalized spacial score (nSPS) is 17.2. The number of hydrogen-bond donors (Lipinski definition) is 1. The summed E-state index contributed by atoms with van der Waals surface area (Å²) in [5.41, 5.74) is 2.12. The standard InChI is InChI=1S/C15H12N4O/c1-2-5-11(6-3-1)12-9-13(14-7-4-8-20-14)19-15(18-12)16-10-17-19/h1-10,13H,(H,16,17,18)/t13-/m0/s1. The summed E-state index contributed by atoms with van der Waals surface area (Å²) in [6.07, 6.45) is 5.31. The van der Waals surface area contributed by atoms with E-state index in [1.54, 1.807) is 12.6 Å². The molecule has 1 aromatic carbocycles. The van der Waals surface area contributed by atoms with Crippen LogP contribution in [0.3, 0.4) is 0 Å². The van der Waals surface area contributed by atoms with Crippen LogP contribution < -0.4 is 5.32 Å². The largest absolute Gasteiger partial charge is 0.467 e. The van der Waals surface area contributed by atoms with Gasteiger partial charge in [0.15, 0.2) is 0 Å². The van der Waals surface area contributed by atoms with E-state index in [-0.39, 0.29) is 6.04 Å². The summed E-state index contributed by atoms with van der Waals surface area (Å²) in [6.45, 7) is 0. The zero-order valence-electron chi connectivity index (χ0n) is 10.6. The van der Waals surface area contributed by atoms with E-state index >= 15 is 0 Å². The third-order valence-electron chi connectivity index (χ3n) is 3.33. The number of furan rings is 1. The molecule has 2 aromatic heterocycles. The summed E-state index contributed by atoms with van der Waals surface area (Å²) >= 11 is 0. The minimum absolute atomic E-state index is 0.0843. The Balaban J connectivity index is 1.83. The highest BCUT2D eigenvalue weighted by Crippen LogP contribution is 2.31. The summed E-state index contributed by atoms with van der Waals surface area (Å²) in [4.78, 5) is 4.25. The van der Waals surface area contributed by atoms with E-state index in [9.17, 15) is 0 Å². The molecule has 98 valence electrons. The van der Waals surface area contributed by atoms with Gasteiger partial charge in [-0.05, 0) is 23.8 Å². The fourth-order valence-corrected chi connectivity index (χ4v) is 2.38. The molecule has 0 amide bonds. The van der Waals surface area contributed by atoms with Crippen LogP contribution in [0, 0.1) is 0 Å². The van der Waals surface area contributed by atoms with Gasteiger partial charge in [0.2, 0.25) is 5.95 Å². The Morgan fingerprint density at radius 2 is 2.00 bits per heavy atom. The third-order valence-corrected chi connectivity index (χ3v) is 3.33. The van der Waals surface area contributed by atoms with Crippen LogP contribution >= 0.6 is 0 Å². The van der Waals surface area contributed by atoms with E-state index in [1.807, 2.05) is 35.0 Å². The predicted molar refractivity (Wildman–Crippen MR) is 74.9 cm³/mol. The summed E-state index contributed by atoms with van der Waals surface area (Å²) < 4.78 is 7.33. The predicted octanol–water partition coefficient (Wildman–Crippen LogP) is 2.93. The van der Waals surface area contributed by atoms with E-state index in [0.29, 0.717) is 5.95 Å². The van der Waals surface area contributed by atoms with Crippen LogP contribution in [-0.4, -0.2) is 14.8 Å². The lowest BCUT2D eigenvalue weighted by Crippen LogP contribution is -2.19. The topological polar surface area (TPSA) is 55.9 Å². The summed E-state index contributed by atoms with van der Waals surface area (Å²) in [5.74, 6) is 1.56. The molecule has 1 aliphatic heterocycles. The van der Waals surface area contributed by atoms with Gasteiger partial charge in [0.05, 0.1) is 6.26 Å². The lowest BCUT2D eigenvalue weighted by molar-refractivity contribution is 0.448. The van der Waals surface area contributed by atoms with Crippen molar-refractivity contribution in [3.8, 4) is 0 Å². The molecular weight excluding hydrogens is 252 g/mol. The molecule has 0 radical (unpaired) electrons. The molecule has 20 heavy (non-hydrogen) atoms. The maximum absolute atomic E-state index is 5.52. The highest BCUT2D eigenvalue weighted by atomic mass is 16.3. The van der Waals surface area contributed by atoms with Crippen molar-refractivity contribution >= 4 is 11.6 Å². The first-order chi connectivity index (χ1) is 9.92. The average molecular weight is 264 g/mol. The van der Waals surface area contributed by atoms with Crippen LogP contribution in [0.4, 0.5) is 5.95 Å². The molecule has 4 rings (SSSR count). The van der Waals surface area contributed by atoms with Crippen LogP contribution in [0.5, 0.6) is 0 Å². The number of hydrogen-bond acceptors (Lipinski definition) is 4. The minimum Gasteiger partial charge on any atom is -0.467 e. The third kappa shape index (κ3) is 1.72. The smallest absolute Gasteiger partial charge is 0.226 e. The maximum Gasteiger partial charge on any atom is 0.226 e. The van der Waals surface area contributed by atoms with Crippen LogP contribution in [0.2, 0.25) is 0 Å². The number of aromatic nitrogens is 3. The molecule has 0 saturated heterocycles. The SMILES string of the molecule is C1=C(c2ccccc2)Nc2ncnn2[C@@H]1c1ccco1. The summed E-state index contributed by atoms with van der Waals surface area (Å²) in [6, 6.07) is 13.9. The Hall–Kier alpha value is -2.82. The maximum atomic E-state index is 5.52.